The van der Waals surface area contributed by atoms with Crippen molar-refractivity contribution < 1.29 is 18.9 Å². The first-order chi connectivity index (χ1) is 15.8. The van der Waals surface area contributed by atoms with Crippen molar-refractivity contribution in [2.75, 3.05) is 6.61 Å². The fourth-order valence-corrected chi connectivity index (χ4v) is 3.79. The third kappa shape index (κ3) is 6.07. The van der Waals surface area contributed by atoms with Gasteiger partial charge in [0.15, 0.2) is 6.10 Å². The van der Waals surface area contributed by atoms with Crippen LogP contribution in [-0.2, 0) is 38.8 Å². The lowest BCUT2D eigenvalue weighted by molar-refractivity contribution is -0.0894. The van der Waals surface area contributed by atoms with Crippen LogP contribution >= 0.6 is 0 Å². The Morgan fingerprint density at radius 3 is 1.72 bits per heavy atom. The number of hydrogen-bond donors (Lipinski definition) is 0. The third-order valence-corrected chi connectivity index (χ3v) is 5.47. The Labute approximate surface area is 190 Å². The van der Waals surface area contributed by atoms with Crippen molar-refractivity contribution in [3.05, 3.63) is 120 Å². The van der Waals surface area contributed by atoms with Crippen molar-refractivity contribution in [3.63, 3.8) is 0 Å². The predicted octanol–water partition coefficient (Wildman–Crippen LogP) is 5.68. The van der Waals surface area contributed by atoms with E-state index in [0.717, 1.165) is 22.4 Å². The highest BCUT2D eigenvalue weighted by Gasteiger charge is 2.43. The molecular weight excluding hydrogens is 400 g/mol. The fraction of sp³-hybridized carbons (Fsp3) is 0.286. The van der Waals surface area contributed by atoms with E-state index in [1.54, 1.807) is 0 Å². The predicted molar refractivity (Wildman–Crippen MR) is 125 cm³/mol. The van der Waals surface area contributed by atoms with Gasteiger partial charge < -0.3 is 18.9 Å². The van der Waals surface area contributed by atoms with Crippen LogP contribution in [-0.4, -0.2) is 24.9 Å². The molecule has 1 aliphatic rings. The minimum atomic E-state index is -0.283. The molecule has 1 fully saturated rings. The molecule has 0 amide bonds. The van der Waals surface area contributed by atoms with Gasteiger partial charge in [0.2, 0.25) is 0 Å². The van der Waals surface area contributed by atoms with Crippen molar-refractivity contribution in [2.45, 2.75) is 45.1 Å². The van der Waals surface area contributed by atoms with Gasteiger partial charge >= 0.3 is 0 Å². The Hall–Kier alpha value is -2.92. The minimum absolute atomic E-state index is 0.241. The molecule has 4 rings (SSSR count). The molecule has 1 saturated heterocycles. The summed E-state index contributed by atoms with van der Waals surface area (Å²) in [5, 5.41) is 0. The van der Waals surface area contributed by atoms with Crippen LogP contribution in [0.2, 0.25) is 0 Å². The summed E-state index contributed by atoms with van der Waals surface area (Å²) in [4.78, 5) is 0. The van der Waals surface area contributed by atoms with Crippen LogP contribution in [0.25, 0.3) is 0 Å². The lowest BCUT2D eigenvalue weighted by atomic mass is 10.1. The third-order valence-electron chi connectivity index (χ3n) is 5.47. The first kappa shape index (κ1) is 22.3. The maximum atomic E-state index is 6.37. The van der Waals surface area contributed by atoms with Gasteiger partial charge in [-0.25, -0.2) is 0 Å². The molecule has 0 bridgehead atoms. The zero-order chi connectivity index (χ0) is 22.0. The normalized spacial score (nSPS) is 21.5. The molecule has 4 nitrogen and oxygen atoms in total. The highest BCUT2D eigenvalue weighted by Crippen LogP contribution is 2.31. The Balaban J connectivity index is 1.44. The molecule has 3 aromatic rings. The van der Waals surface area contributed by atoms with E-state index in [1.807, 2.05) is 67.6 Å². The quantitative estimate of drug-likeness (QED) is 0.415. The zero-order valence-electron chi connectivity index (χ0n) is 18.4. The van der Waals surface area contributed by atoms with Gasteiger partial charge in [-0.3, -0.25) is 0 Å². The topological polar surface area (TPSA) is 36.9 Å². The molecule has 0 unspecified atom stereocenters. The smallest absolute Gasteiger partial charge is 0.151 e. The van der Waals surface area contributed by atoms with Gasteiger partial charge in [0.1, 0.15) is 18.0 Å². The molecule has 0 radical (unpaired) electrons. The van der Waals surface area contributed by atoms with E-state index in [1.165, 1.54) is 0 Å². The lowest BCUT2D eigenvalue weighted by Crippen LogP contribution is -2.37. The Kier molecular flexibility index (Phi) is 8.10. The molecule has 0 aliphatic carbocycles. The highest BCUT2D eigenvalue weighted by atomic mass is 16.6. The second-order valence-electron chi connectivity index (χ2n) is 7.83. The highest BCUT2D eigenvalue weighted by molar-refractivity contribution is 5.17. The summed E-state index contributed by atoms with van der Waals surface area (Å²) in [7, 11) is 0. The van der Waals surface area contributed by atoms with Crippen LogP contribution < -0.4 is 0 Å². The van der Waals surface area contributed by atoms with E-state index >= 15 is 0 Å². The van der Waals surface area contributed by atoms with E-state index in [-0.39, 0.29) is 18.3 Å². The number of allylic oxidation sites excluding steroid dienone is 1. The van der Waals surface area contributed by atoms with Gasteiger partial charge in [-0.1, -0.05) is 91.0 Å². The molecule has 166 valence electrons. The SMILES string of the molecule is C/C=C1\O[C@H](COCc2ccccc2)[C@@H](OCc2ccccc2)[C@@H]1OCc1ccccc1. The summed E-state index contributed by atoms with van der Waals surface area (Å²) in [6.45, 7) is 3.92. The minimum Gasteiger partial charge on any atom is -0.487 e. The molecule has 3 aromatic carbocycles. The number of rotatable bonds is 10. The van der Waals surface area contributed by atoms with Crippen LogP contribution in [0.3, 0.4) is 0 Å². The second kappa shape index (κ2) is 11.6. The van der Waals surface area contributed by atoms with Gasteiger partial charge in [-0.15, -0.1) is 0 Å². The average molecular weight is 431 g/mol. The average Bonchev–Trinajstić information content (AvgIpc) is 3.19. The van der Waals surface area contributed by atoms with Gasteiger partial charge in [0.05, 0.1) is 26.4 Å². The van der Waals surface area contributed by atoms with Crippen LogP contribution in [0.1, 0.15) is 23.6 Å². The molecule has 0 spiro atoms. The first-order valence-corrected chi connectivity index (χ1v) is 11.1. The Morgan fingerprint density at radius 1 is 0.688 bits per heavy atom. The van der Waals surface area contributed by atoms with E-state index in [0.29, 0.717) is 26.4 Å². The first-order valence-electron chi connectivity index (χ1n) is 11.1. The monoisotopic (exact) mass is 430 g/mol. The summed E-state index contributed by atoms with van der Waals surface area (Å²) < 4.78 is 24.9. The second-order valence-corrected chi connectivity index (χ2v) is 7.83. The summed E-state index contributed by atoms with van der Waals surface area (Å²) in [6, 6.07) is 30.5. The number of ether oxygens (including phenoxy) is 4. The van der Waals surface area contributed by atoms with Crippen LogP contribution in [0.4, 0.5) is 0 Å². The molecule has 1 heterocycles. The Bertz CT molecular complexity index is 956. The summed E-state index contributed by atoms with van der Waals surface area (Å²) in [6.07, 6.45) is 1.18. The van der Waals surface area contributed by atoms with E-state index in [9.17, 15) is 0 Å². The fourth-order valence-electron chi connectivity index (χ4n) is 3.79. The van der Waals surface area contributed by atoms with Gasteiger partial charge in [-0.2, -0.15) is 0 Å². The van der Waals surface area contributed by atoms with Crippen LogP contribution in [0.5, 0.6) is 0 Å². The molecular formula is C28H30O4. The molecule has 0 aromatic heterocycles. The van der Waals surface area contributed by atoms with Gasteiger partial charge in [0.25, 0.3) is 0 Å². The number of hydrogen-bond acceptors (Lipinski definition) is 4. The molecule has 0 saturated carbocycles. The summed E-state index contributed by atoms with van der Waals surface area (Å²) in [5.74, 6) is 0.798. The maximum absolute atomic E-state index is 6.37. The van der Waals surface area contributed by atoms with E-state index < -0.39 is 0 Å². The van der Waals surface area contributed by atoms with E-state index in [4.69, 9.17) is 18.9 Å². The number of benzene rings is 3. The zero-order valence-corrected chi connectivity index (χ0v) is 18.4. The van der Waals surface area contributed by atoms with Crippen molar-refractivity contribution in [1.82, 2.24) is 0 Å². The van der Waals surface area contributed by atoms with Gasteiger partial charge in [-0.05, 0) is 29.7 Å². The van der Waals surface area contributed by atoms with Crippen molar-refractivity contribution in [1.29, 1.82) is 0 Å². The van der Waals surface area contributed by atoms with Crippen LogP contribution in [0, 0.1) is 0 Å². The molecule has 32 heavy (non-hydrogen) atoms. The summed E-state index contributed by atoms with van der Waals surface area (Å²) >= 11 is 0. The largest absolute Gasteiger partial charge is 0.487 e. The molecule has 0 N–H and O–H groups in total. The molecule has 1 aliphatic heterocycles. The van der Waals surface area contributed by atoms with Crippen molar-refractivity contribution in [3.8, 4) is 0 Å². The van der Waals surface area contributed by atoms with Crippen molar-refractivity contribution in [2.24, 2.45) is 0 Å². The summed E-state index contributed by atoms with van der Waals surface area (Å²) in [5.41, 5.74) is 3.37. The van der Waals surface area contributed by atoms with Crippen molar-refractivity contribution >= 4 is 0 Å². The standard InChI is InChI=1S/C28H30O4/c1-2-25-27(30-19-23-14-8-4-9-15-23)28(31-20-24-16-10-5-11-17-24)26(32-25)21-29-18-22-12-6-3-7-13-22/h2-17,26-28H,18-21H2,1H3/b25-2-/t26-,27-,28-/m1/s1. The van der Waals surface area contributed by atoms with Gasteiger partial charge in [0, 0.05) is 0 Å². The molecule has 4 heteroatoms. The molecule has 3 atom stereocenters. The Morgan fingerprint density at radius 2 is 1.19 bits per heavy atom. The maximum Gasteiger partial charge on any atom is 0.151 e. The van der Waals surface area contributed by atoms with E-state index in [2.05, 4.69) is 36.4 Å². The lowest BCUT2D eigenvalue weighted by Gasteiger charge is -2.23. The van der Waals surface area contributed by atoms with Crippen LogP contribution in [0.15, 0.2) is 103 Å².